The van der Waals surface area contributed by atoms with Crippen LogP contribution in [-0.4, -0.2) is 16.7 Å². The molecule has 7 rings (SSSR count). The molecule has 0 fully saturated rings. The summed E-state index contributed by atoms with van der Waals surface area (Å²) in [6.45, 7) is 14.6. The topological polar surface area (TPSA) is 54.4 Å². The number of alkyl halides is 3. The molecule has 1 aliphatic carbocycles. The van der Waals surface area contributed by atoms with Crippen LogP contribution in [0.2, 0.25) is 0 Å². The molecule has 3 nitrogen and oxygen atoms in total. The predicted molar refractivity (Wildman–Crippen MR) is 221 cm³/mol. The first-order valence-electron chi connectivity index (χ1n) is 17.9. The summed E-state index contributed by atoms with van der Waals surface area (Å²) in [7, 11) is 0. The largest absolute Gasteiger partial charge is 0.506 e. The Labute approximate surface area is 327 Å². The highest BCUT2D eigenvalue weighted by atomic mass is 32.2. The maximum absolute atomic E-state index is 13.8. The van der Waals surface area contributed by atoms with E-state index in [0.717, 1.165) is 64.7 Å². The van der Waals surface area contributed by atoms with Crippen LogP contribution in [0.1, 0.15) is 68.7 Å². The van der Waals surface area contributed by atoms with Crippen LogP contribution in [0, 0.1) is 12.3 Å². The fraction of sp³-hybridized carbons (Fsp3) is 0.213. The minimum atomic E-state index is -4.45. The maximum Gasteiger partial charge on any atom is 0.416 e. The zero-order chi connectivity index (χ0) is 39.6. The summed E-state index contributed by atoms with van der Waals surface area (Å²) >= 11 is 3.25. The molecule has 5 aromatic rings. The van der Waals surface area contributed by atoms with Gasteiger partial charge >= 0.3 is 6.18 Å². The number of Topliss-reactive ketones (excluding diaryl/α,β-unsaturated/α-hetero) is 2. The van der Waals surface area contributed by atoms with Crippen LogP contribution >= 0.6 is 23.1 Å². The fourth-order valence-corrected chi connectivity index (χ4v) is 8.85. The molecule has 0 unspecified atom stereocenters. The van der Waals surface area contributed by atoms with Gasteiger partial charge in [-0.1, -0.05) is 101 Å². The van der Waals surface area contributed by atoms with Gasteiger partial charge in [0.25, 0.3) is 0 Å². The molecule has 2 aliphatic rings. The summed E-state index contributed by atoms with van der Waals surface area (Å²) < 4.78 is 40.8. The normalized spacial score (nSPS) is 16.7. The molecule has 0 saturated carbocycles. The van der Waals surface area contributed by atoms with E-state index in [2.05, 4.69) is 84.0 Å². The third-order valence-corrected chi connectivity index (χ3v) is 12.9. The molecule has 1 N–H and O–H groups in total. The number of rotatable bonds is 4. The lowest BCUT2D eigenvalue weighted by molar-refractivity contribution is -0.137. The van der Waals surface area contributed by atoms with Gasteiger partial charge in [0, 0.05) is 27.8 Å². The zero-order valence-corrected chi connectivity index (χ0v) is 33.2. The van der Waals surface area contributed by atoms with Gasteiger partial charge in [-0.3, -0.25) is 9.59 Å². The van der Waals surface area contributed by atoms with Gasteiger partial charge in [-0.15, -0.1) is 0 Å². The molecular formula is C47H40F3O3S2+. The van der Waals surface area contributed by atoms with Crippen molar-refractivity contribution in [2.45, 2.75) is 65.0 Å². The highest BCUT2D eigenvalue weighted by molar-refractivity contribution is 8.03. The van der Waals surface area contributed by atoms with Crippen LogP contribution in [0.5, 0.6) is 0 Å². The number of benzene rings is 4. The average molecular weight is 774 g/mol. The van der Waals surface area contributed by atoms with E-state index in [1.165, 1.54) is 12.1 Å². The first kappa shape index (κ1) is 38.2. The average Bonchev–Trinajstić information content (AvgIpc) is 3.32. The van der Waals surface area contributed by atoms with Crippen LogP contribution in [0.25, 0.3) is 44.0 Å². The number of carbonyl (C=O) groups excluding carboxylic acids is 2. The quantitative estimate of drug-likeness (QED) is 0.112. The summed E-state index contributed by atoms with van der Waals surface area (Å²) in [6, 6.07) is 27.1. The second kappa shape index (κ2) is 13.9. The van der Waals surface area contributed by atoms with Crippen molar-refractivity contribution < 1.29 is 27.9 Å². The van der Waals surface area contributed by atoms with Crippen molar-refractivity contribution in [2.75, 3.05) is 0 Å². The lowest BCUT2D eigenvalue weighted by atomic mass is 9.91. The maximum atomic E-state index is 13.8. The lowest BCUT2D eigenvalue weighted by Gasteiger charge is -2.28. The van der Waals surface area contributed by atoms with Crippen molar-refractivity contribution in [3.05, 3.63) is 152 Å². The number of thioether (sulfide) groups is 1. The van der Waals surface area contributed by atoms with Gasteiger partial charge in [0.2, 0.25) is 32.5 Å². The molecule has 8 heteroatoms. The van der Waals surface area contributed by atoms with Gasteiger partial charge in [0.1, 0.15) is 5.76 Å². The van der Waals surface area contributed by atoms with Crippen molar-refractivity contribution in [1.29, 1.82) is 0 Å². The van der Waals surface area contributed by atoms with Crippen molar-refractivity contribution in [3.63, 3.8) is 0 Å². The molecule has 0 saturated heterocycles. The molecule has 0 radical (unpaired) electrons. The molecule has 55 heavy (non-hydrogen) atoms. The Morgan fingerprint density at radius 2 is 1.29 bits per heavy atom. The summed E-state index contributed by atoms with van der Waals surface area (Å²) in [5.41, 5.74) is 5.37. The number of carbonyl (C=O) groups is 2. The third kappa shape index (κ3) is 7.63. The van der Waals surface area contributed by atoms with Crippen molar-refractivity contribution in [3.8, 4) is 22.3 Å². The Morgan fingerprint density at radius 1 is 0.691 bits per heavy atom. The van der Waals surface area contributed by atoms with E-state index in [4.69, 9.17) is 0 Å². The molecule has 0 amide bonds. The van der Waals surface area contributed by atoms with E-state index in [0.29, 0.717) is 16.7 Å². The van der Waals surface area contributed by atoms with E-state index in [-0.39, 0.29) is 27.7 Å². The number of ketones is 2. The van der Waals surface area contributed by atoms with Crippen LogP contribution in [0.4, 0.5) is 13.2 Å². The molecule has 0 bridgehead atoms. The first-order chi connectivity index (χ1) is 25.8. The fourth-order valence-electron chi connectivity index (χ4n) is 6.54. The standard InChI is InChI=1S/C47H39F3O3S2/c1-26-8-10-27(11-9-26)29-14-18-38-34(20-29)31(24-40(54-38)45(2,3)4)22-36-42(51)37(44(53)43(36)52)23-32-25-41(46(5,6)7)55-39-19-15-30(21-35(32)39)28-12-16-33(17-13-28)47(48,49)50/h8-25H,1-7H3/p+1. The van der Waals surface area contributed by atoms with E-state index in [9.17, 15) is 27.9 Å². The van der Waals surface area contributed by atoms with Crippen LogP contribution in [0.3, 0.4) is 0 Å². The van der Waals surface area contributed by atoms with Gasteiger partial charge in [0.05, 0.1) is 16.7 Å². The van der Waals surface area contributed by atoms with Gasteiger partial charge in [-0.2, -0.15) is 13.2 Å². The number of aliphatic hydroxyl groups is 1. The number of aliphatic hydroxyl groups excluding tert-OH is 1. The molecule has 2 heterocycles. The molecule has 4 aromatic carbocycles. The van der Waals surface area contributed by atoms with Crippen molar-refractivity contribution in [2.24, 2.45) is 5.41 Å². The predicted octanol–water partition coefficient (Wildman–Crippen LogP) is 13.6. The summed E-state index contributed by atoms with van der Waals surface area (Å²) in [6.07, 6.45) is 0.791. The number of halogens is 3. The van der Waals surface area contributed by atoms with Crippen LogP contribution in [0.15, 0.2) is 130 Å². The van der Waals surface area contributed by atoms with Crippen LogP contribution < -0.4 is 0 Å². The minimum Gasteiger partial charge on any atom is -0.506 e. The summed E-state index contributed by atoms with van der Waals surface area (Å²) in [4.78, 5) is 30.6. The smallest absolute Gasteiger partial charge is 0.416 e. The Hall–Kier alpha value is -5.05. The number of aryl methyl sites for hydroxylation is 1. The van der Waals surface area contributed by atoms with E-state index in [1.807, 2.05) is 37.3 Å². The van der Waals surface area contributed by atoms with Crippen LogP contribution in [-0.2, 0) is 21.2 Å². The minimum absolute atomic E-state index is 0.0705. The number of fused-ring (bicyclic) bond motifs is 2. The third-order valence-electron chi connectivity index (χ3n) is 9.81. The highest BCUT2D eigenvalue weighted by Crippen LogP contribution is 2.49. The SMILES string of the molecule is Cc1ccc(-c2ccc3c(c2)/C(=C/C2=C(O)C(=C\c4cc(C(C)(C)C)[s+]c5ccc(-c6ccc(C(F)(F)F)cc6)cc45)/C(=O)C2=O)C=C(C(C)(C)C)S3)cc1. The second-order valence-corrected chi connectivity index (χ2v) is 18.3. The Bertz CT molecular complexity index is 2540. The number of hydrogen-bond acceptors (Lipinski definition) is 4. The van der Waals surface area contributed by atoms with Gasteiger partial charge in [-0.05, 0) is 111 Å². The summed E-state index contributed by atoms with van der Waals surface area (Å²) in [5.74, 6) is -1.99. The number of hydrogen-bond donors (Lipinski definition) is 1. The zero-order valence-electron chi connectivity index (χ0n) is 31.6. The number of allylic oxidation sites excluding steroid dienone is 6. The molecule has 1 aromatic heterocycles. The monoisotopic (exact) mass is 773 g/mol. The van der Waals surface area contributed by atoms with E-state index in [1.54, 1.807) is 35.3 Å². The van der Waals surface area contributed by atoms with Gasteiger partial charge < -0.3 is 5.11 Å². The second-order valence-electron chi connectivity index (χ2n) is 16.1. The Morgan fingerprint density at radius 3 is 1.91 bits per heavy atom. The summed E-state index contributed by atoms with van der Waals surface area (Å²) in [5, 5.41) is 12.5. The highest BCUT2D eigenvalue weighted by Gasteiger charge is 2.37. The van der Waals surface area contributed by atoms with Gasteiger partial charge in [-0.25, -0.2) is 0 Å². The Balaban J connectivity index is 1.37. The van der Waals surface area contributed by atoms with E-state index >= 15 is 0 Å². The molecule has 0 atom stereocenters. The molecule has 278 valence electrons. The van der Waals surface area contributed by atoms with Gasteiger partial charge in [0.15, 0.2) is 0 Å². The van der Waals surface area contributed by atoms with Crippen molar-refractivity contribution in [1.82, 2.24) is 0 Å². The van der Waals surface area contributed by atoms with E-state index < -0.39 is 23.3 Å². The first-order valence-corrected chi connectivity index (χ1v) is 19.6. The Kier molecular flexibility index (Phi) is 9.67. The lowest BCUT2D eigenvalue weighted by Crippen LogP contribution is -2.11. The molecule has 0 spiro atoms. The molecular weight excluding hydrogens is 734 g/mol. The van der Waals surface area contributed by atoms with Crippen molar-refractivity contribution >= 4 is 56.4 Å². The molecule has 1 aliphatic heterocycles.